The third kappa shape index (κ3) is 3.11. The molecule has 1 aromatic heterocycles. The fourth-order valence-corrected chi connectivity index (χ4v) is 2.26. The summed E-state index contributed by atoms with van der Waals surface area (Å²) in [4.78, 5) is 4.13. The lowest BCUT2D eigenvalue weighted by molar-refractivity contribution is 0.557. The van der Waals surface area contributed by atoms with E-state index in [0.717, 1.165) is 17.7 Å². The molecule has 1 N–H and O–H groups in total. The van der Waals surface area contributed by atoms with Gasteiger partial charge >= 0.3 is 0 Å². The highest BCUT2D eigenvalue weighted by Crippen LogP contribution is 2.27. The van der Waals surface area contributed by atoms with Crippen molar-refractivity contribution in [1.29, 1.82) is 0 Å². The van der Waals surface area contributed by atoms with Crippen LogP contribution in [0.4, 0.5) is 4.39 Å². The van der Waals surface area contributed by atoms with Crippen molar-refractivity contribution >= 4 is 11.6 Å². The van der Waals surface area contributed by atoms with Crippen molar-refractivity contribution in [3.05, 3.63) is 64.2 Å². The normalized spacial score (nSPS) is 12.4. The van der Waals surface area contributed by atoms with Gasteiger partial charge in [-0.2, -0.15) is 0 Å². The minimum atomic E-state index is -0.304. The van der Waals surface area contributed by atoms with E-state index < -0.39 is 0 Å². The van der Waals surface area contributed by atoms with E-state index in [1.165, 1.54) is 6.07 Å². The summed E-state index contributed by atoms with van der Waals surface area (Å²) >= 11 is 5.80. The van der Waals surface area contributed by atoms with Crippen molar-refractivity contribution in [2.24, 2.45) is 0 Å². The second-order valence-electron chi connectivity index (χ2n) is 4.39. The van der Waals surface area contributed by atoms with Crippen LogP contribution in [0, 0.1) is 12.7 Å². The minimum Gasteiger partial charge on any atom is -0.306 e. The third-order valence-electron chi connectivity index (χ3n) is 3.07. The molecule has 1 heterocycles. The molecule has 0 fully saturated rings. The highest BCUT2D eigenvalue weighted by atomic mass is 35.5. The fourth-order valence-electron chi connectivity index (χ4n) is 2.11. The largest absolute Gasteiger partial charge is 0.306 e. The van der Waals surface area contributed by atoms with Gasteiger partial charge in [-0.15, -0.1) is 0 Å². The molecule has 0 radical (unpaired) electrons. The van der Waals surface area contributed by atoms with E-state index in [-0.39, 0.29) is 11.9 Å². The Labute approximate surface area is 117 Å². The van der Waals surface area contributed by atoms with Gasteiger partial charge in [0.25, 0.3) is 0 Å². The Kier molecular flexibility index (Phi) is 4.51. The molecular formula is C15H16ClFN2. The Morgan fingerprint density at radius 3 is 2.74 bits per heavy atom. The van der Waals surface area contributed by atoms with Crippen LogP contribution in [0.25, 0.3) is 0 Å². The molecule has 0 spiro atoms. The monoisotopic (exact) mass is 278 g/mol. The van der Waals surface area contributed by atoms with Crippen LogP contribution in [-0.2, 0) is 0 Å². The molecule has 0 saturated carbocycles. The average Bonchev–Trinajstić information content (AvgIpc) is 2.38. The number of hydrogen-bond donors (Lipinski definition) is 1. The van der Waals surface area contributed by atoms with E-state index in [1.807, 2.05) is 19.9 Å². The smallest absolute Gasteiger partial charge is 0.129 e. The van der Waals surface area contributed by atoms with Crippen LogP contribution in [0.1, 0.15) is 29.7 Å². The number of pyridine rings is 1. The van der Waals surface area contributed by atoms with Gasteiger partial charge in [0.15, 0.2) is 0 Å². The SMILES string of the molecule is CCNC(c1cnccc1C)c1ccc(Cl)cc1F. The summed E-state index contributed by atoms with van der Waals surface area (Å²) in [6.07, 6.45) is 3.51. The van der Waals surface area contributed by atoms with E-state index in [2.05, 4.69) is 10.3 Å². The van der Waals surface area contributed by atoms with Crippen LogP contribution < -0.4 is 5.32 Å². The molecule has 0 aliphatic rings. The van der Waals surface area contributed by atoms with Gasteiger partial charge in [0, 0.05) is 23.0 Å². The number of aromatic nitrogens is 1. The summed E-state index contributed by atoms with van der Waals surface area (Å²) in [5, 5.41) is 3.70. The van der Waals surface area contributed by atoms with Crippen molar-refractivity contribution in [2.45, 2.75) is 19.9 Å². The molecule has 100 valence electrons. The van der Waals surface area contributed by atoms with Crippen LogP contribution in [0.15, 0.2) is 36.7 Å². The van der Waals surface area contributed by atoms with Crippen molar-refractivity contribution in [3.63, 3.8) is 0 Å². The first-order chi connectivity index (χ1) is 9.13. The molecule has 2 aromatic rings. The van der Waals surface area contributed by atoms with E-state index in [9.17, 15) is 4.39 Å². The van der Waals surface area contributed by atoms with Gasteiger partial charge in [-0.05, 0) is 42.8 Å². The van der Waals surface area contributed by atoms with Crippen molar-refractivity contribution in [2.75, 3.05) is 6.54 Å². The summed E-state index contributed by atoms with van der Waals surface area (Å²) in [6, 6.07) is 6.48. The van der Waals surface area contributed by atoms with Gasteiger partial charge in [0.05, 0.1) is 6.04 Å². The lowest BCUT2D eigenvalue weighted by atomic mass is 9.96. The molecular weight excluding hydrogens is 263 g/mol. The zero-order chi connectivity index (χ0) is 13.8. The van der Waals surface area contributed by atoms with Gasteiger partial charge in [-0.25, -0.2) is 4.39 Å². The number of nitrogens with zero attached hydrogens (tertiary/aromatic N) is 1. The first-order valence-electron chi connectivity index (χ1n) is 6.22. The summed E-state index contributed by atoms with van der Waals surface area (Å²) in [6.45, 7) is 4.72. The van der Waals surface area contributed by atoms with Gasteiger partial charge < -0.3 is 5.32 Å². The van der Waals surface area contributed by atoms with E-state index in [1.54, 1.807) is 24.5 Å². The summed E-state index contributed by atoms with van der Waals surface area (Å²) in [7, 11) is 0. The highest BCUT2D eigenvalue weighted by Gasteiger charge is 2.19. The molecule has 0 aliphatic heterocycles. The number of rotatable bonds is 4. The maximum Gasteiger partial charge on any atom is 0.129 e. The number of benzene rings is 1. The maximum atomic E-state index is 14.1. The number of halogens is 2. The van der Waals surface area contributed by atoms with Gasteiger partial charge in [0.1, 0.15) is 5.82 Å². The lowest BCUT2D eigenvalue weighted by Gasteiger charge is -2.21. The molecule has 19 heavy (non-hydrogen) atoms. The summed E-state index contributed by atoms with van der Waals surface area (Å²) < 4.78 is 14.1. The zero-order valence-corrected chi connectivity index (χ0v) is 11.7. The molecule has 0 bridgehead atoms. The molecule has 0 amide bonds. The van der Waals surface area contributed by atoms with E-state index in [0.29, 0.717) is 10.6 Å². The van der Waals surface area contributed by atoms with Crippen LogP contribution in [0.2, 0.25) is 5.02 Å². The summed E-state index contributed by atoms with van der Waals surface area (Å²) in [5.74, 6) is -0.304. The Morgan fingerprint density at radius 2 is 2.11 bits per heavy atom. The first-order valence-corrected chi connectivity index (χ1v) is 6.60. The highest BCUT2D eigenvalue weighted by molar-refractivity contribution is 6.30. The van der Waals surface area contributed by atoms with Gasteiger partial charge in [0.2, 0.25) is 0 Å². The predicted octanol–water partition coefficient (Wildman–Crippen LogP) is 3.88. The molecule has 2 nitrogen and oxygen atoms in total. The maximum absolute atomic E-state index is 14.1. The van der Waals surface area contributed by atoms with Crippen molar-refractivity contribution in [3.8, 4) is 0 Å². The number of aryl methyl sites for hydroxylation is 1. The Balaban J connectivity index is 2.48. The van der Waals surface area contributed by atoms with E-state index in [4.69, 9.17) is 11.6 Å². The van der Waals surface area contributed by atoms with Crippen molar-refractivity contribution < 1.29 is 4.39 Å². The lowest BCUT2D eigenvalue weighted by Crippen LogP contribution is -2.24. The van der Waals surface area contributed by atoms with Gasteiger partial charge in [-0.1, -0.05) is 24.6 Å². The fraction of sp³-hybridized carbons (Fsp3) is 0.267. The topological polar surface area (TPSA) is 24.9 Å². The number of nitrogens with one attached hydrogen (secondary N) is 1. The molecule has 1 unspecified atom stereocenters. The molecule has 1 atom stereocenters. The molecule has 0 saturated heterocycles. The minimum absolute atomic E-state index is 0.212. The standard InChI is InChI=1S/C15H16ClFN2/c1-3-19-15(13-9-18-7-6-10(13)2)12-5-4-11(16)8-14(12)17/h4-9,15,19H,3H2,1-2H3. The second-order valence-corrected chi connectivity index (χ2v) is 4.83. The van der Waals surface area contributed by atoms with Crippen molar-refractivity contribution in [1.82, 2.24) is 10.3 Å². The molecule has 0 aliphatic carbocycles. The zero-order valence-electron chi connectivity index (χ0n) is 11.0. The average molecular weight is 279 g/mol. The third-order valence-corrected chi connectivity index (χ3v) is 3.31. The van der Waals surface area contributed by atoms with Crippen LogP contribution in [-0.4, -0.2) is 11.5 Å². The molecule has 1 aromatic carbocycles. The summed E-state index contributed by atoms with van der Waals surface area (Å²) in [5.41, 5.74) is 2.64. The van der Waals surface area contributed by atoms with Gasteiger partial charge in [-0.3, -0.25) is 4.98 Å². The Bertz CT molecular complexity index is 572. The second kappa shape index (κ2) is 6.13. The first kappa shape index (κ1) is 14.0. The molecule has 2 rings (SSSR count). The van der Waals surface area contributed by atoms with Crippen LogP contribution in [0.5, 0.6) is 0 Å². The number of hydrogen-bond acceptors (Lipinski definition) is 2. The Hall–Kier alpha value is -1.45. The van der Waals surface area contributed by atoms with Crippen LogP contribution >= 0.6 is 11.6 Å². The van der Waals surface area contributed by atoms with Crippen LogP contribution in [0.3, 0.4) is 0 Å². The van der Waals surface area contributed by atoms with E-state index >= 15 is 0 Å². The quantitative estimate of drug-likeness (QED) is 0.918. The predicted molar refractivity (Wildman–Crippen MR) is 75.9 cm³/mol. The Morgan fingerprint density at radius 1 is 1.32 bits per heavy atom. The molecule has 4 heteroatoms.